The van der Waals surface area contributed by atoms with Crippen LogP contribution in [0, 0.1) is 0 Å². The van der Waals surface area contributed by atoms with Crippen molar-refractivity contribution in [2.75, 3.05) is 0 Å². The van der Waals surface area contributed by atoms with E-state index in [0.29, 0.717) is 19.3 Å². The van der Waals surface area contributed by atoms with Gasteiger partial charge in [-0.25, -0.2) is 0 Å². The van der Waals surface area contributed by atoms with Gasteiger partial charge in [0.25, 0.3) is 0 Å². The molecule has 176 valence electrons. The van der Waals surface area contributed by atoms with Gasteiger partial charge in [0.1, 0.15) is 0 Å². The topological polar surface area (TPSA) is 69.2 Å². The monoisotopic (exact) mass is 508 g/mol. The molecule has 0 fully saturated rings. The molecule has 1 aliphatic carbocycles. The molecule has 0 N–H and O–H groups in total. The molecule has 3 nitrogen and oxygen atoms in total. The number of allylic oxidation sites excluding steroid dienone is 4. The number of hydrogen-bond donors (Lipinski definition) is 0. The van der Waals surface area contributed by atoms with E-state index in [-0.39, 0.29) is 0 Å². The van der Waals surface area contributed by atoms with Gasteiger partial charge < -0.3 is 15.3 Å². The van der Waals surface area contributed by atoms with Crippen molar-refractivity contribution in [1.82, 2.24) is 0 Å². The summed E-state index contributed by atoms with van der Waals surface area (Å²) in [4.78, 5) is 0. The summed E-state index contributed by atoms with van der Waals surface area (Å²) in [5, 5.41) is 31.9. The minimum atomic E-state index is -0.818. The van der Waals surface area contributed by atoms with Crippen LogP contribution in [0.1, 0.15) is 93.4 Å². The molecule has 0 bridgehead atoms. The molecule has 0 unspecified atom stereocenters. The van der Waals surface area contributed by atoms with Gasteiger partial charge in [-0.15, -0.1) is 36.5 Å². The average Bonchev–Trinajstić information content (AvgIpc) is 2.96. The summed E-state index contributed by atoms with van der Waals surface area (Å²) in [7, 11) is 0. The van der Waals surface area contributed by atoms with Gasteiger partial charge in [0.2, 0.25) is 0 Å². The molecule has 0 saturated carbocycles. The maximum absolute atomic E-state index is 10.6. The first-order chi connectivity index (χ1) is 14.0. The van der Waals surface area contributed by atoms with Crippen molar-refractivity contribution in [3.05, 3.63) is 59.0 Å². The Hall–Kier alpha value is -0.537. The second-order valence-electron chi connectivity index (χ2n) is 9.47. The molecular weight excluding hydrogens is 464 g/mol. The molecule has 0 saturated heterocycles. The standard InChI is InChI=1S/C9H13.3C6H11O.Zr/c1-2-3-6-9-7-4-5-8-9;3*1-4-5-6(2,3)7;/h4,7H,2-3,5-6H2,1H3;3*4H,1,5H2,2-3H3;/q;3*-1;+3. The second kappa shape index (κ2) is 19.0. The Balaban J connectivity index is -0.000000343. The fourth-order valence-corrected chi connectivity index (χ4v) is 3.00. The summed E-state index contributed by atoms with van der Waals surface area (Å²) >= 11 is 1.61. The van der Waals surface area contributed by atoms with Gasteiger partial charge in [-0.2, -0.15) is 0 Å². The molecule has 0 amide bonds. The van der Waals surface area contributed by atoms with E-state index in [0.717, 1.165) is 0 Å². The van der Waals surface area contributed by atoms with Crippen LogP contribution in [0.15, 0.2) is 59.0 Å². The molecule has 0 aromatic carbocycles. The normalized spacial score (nSPS) is 13.2. The Morgan fingerprint density at radius 3 is 1.35 bits per heavy atom. The van der Waals surface area contributed by atoms with E-state index >= 15 is 0 Å². The Morgan fingerprint density at radius 2 is 1.19 bits per heavy atom. The first-order valence-electron chi connectivity index (χ1n) is 11.1. The molecule has 0 aliphatic heterocycles. The summed E-state index contributed by atoms with van der Waals surface area (Å²) in [6.07, 6.45) is 16.4. The van der Waals surface area contributed by atoms with Crippen LogP contribution in [-0.4, -0.2) is 16.8 Å². The van der Waals surface area contributed by atoms with Crippen LogP contribution in [0.5, 0.6) is 0 Å². The number of rotatable bonds is 9. The predicted molar refractivity (Wildman–Crippen MR) is 127 cm³/mol. The molecule has 0 heterocycles. The van der Waals surface area contributed by atoms with Gasteiger partial charge in [0.15, 0.2) is 0 Å². The summed E-state index contributed by atoms with van der Waals surface area (Å²) in [6, 6.07) is 0. The van der Waals surface area contributed by atoms with Gasteiger partial charge in [-0.05, 0) is 19.3 Å². The van der Waals surface area contributed by atoms with E-state index in [4.69, 9.17) is 0 Å². The van der Waals surface area contributed by atoms with Gasteiger partial charge in [0, 0.05) is 0 Å². The fraction of sp³-hybridized carbons (Fsp3) is 0.630. The molecule has 31 heavy (non-hydrogen) atoms. The van der Waals surface area contributed by atoms with Crippen molar-refractivity contribution in [2.24, 2.45) is 0 Å². The molecule has 0 aromatic rings. The van der Waals surface area contributed by atoms with Gasteiger partial charge >= 0.3 is 78.3 Å². The maximum atomic E-state index is 10.6. The SMILES string of the molecule is C=CCC(C)(C)[O-].C=CCC(C)(C)[O-].C=CCC(C)(C)[O-].CCCCC1=[C]([Zr+3])CC=C1. The molecular formula is C27H46O3Zr. The summed E-state index contributed by atoms with van der Waals surface area (Å²) < 4.78 is 1.67. The molecule has 4 heteroatoms. The Labute approximate surface area is 208 Å². The van der Waals surface area contributed by atoms with Crippen molar-refractivity contribution >= 4 is 0 Å². The molecule has 0 atom stereocenters. The van der Waals surface area contributed by atoms with E-state index < -0.39 is 16.8 Å². The van der Waals surface area contributed by atoms with Gasteiger partial charge in [-0.3, -0.25) is 0 Å². The Bertz CT molecular complexity index is 491. The zero-order chi connectivity index (χ0) is 25.1. The zero-order valence-corrected chi connectivity index (χ0v) is 23.6. The van der Waals surface area contributed by atoms with Crippen LogP contribution < -0.4 is 15.3 Å². The quantitative estimate of drug-likeness (QED) is 0.409. The van der Waals surface area contributed by atoms with E-state index in [1.54, 1.807) is 93.3 Å². The van der Waals surface area contributed by atoms with E-state index in [1.807, 2.05) is 0 Å². The average molecular weight is 510 g/mol. The number of hydrogen-bond acceptors (Lipinski definition) is 3. The molecule has 0 aromatic heterocycles. The van der Waals surface area contributed by atoms with Crippen LogP contribution in [0.25, 0.3) is 0 Å². The van der Waals surface area contributed by atoms with Crippen LogP contribution in [0.4, 0.5) is 0 Å². The first kappa shape index (κ1) is 35.1. The van der Waals surface area contributed by atoms with Crippen LogP contribution in [0.2, 0.25) is 0 Å². The van der Waals surface area contributed by atoms with E-state index in [9.17, 15) is 15.3 Å². The van der Waals surface area contributed by atoms with Gasteiger partial charge in [-0.1, -0.05) is 59.8 Å². The van der Waals surface area contributed by atoms with Crippen molar-refractivity contribution in [3.63, 3.8) is 0 Å². The Morgan fingerprint density at radius 1 is 0.839 bits per heavy atom. The van der Waals surface area contributed by atoms with Crippen molar-refractivity contribution < 1.29 is 40.0 Å². The van der Waals surface area contributed by atoms with Gasteiger partial charge in [0.05, 0.1) is 0 Å². The zero-order valence-electron chi connectivity index (χ0n) is 21.2. The van der Waals surface area contributed by atoms with E-state index in [1.165, 1.54) is 25.7 Å². The third kappa shape index (κ3) is 34.3. The summed E-state index contributed by atoms with van der Waals surface area (Å²) in [5.74, 6) is 0. The minimum absolute atomic E-state index is 0.549. The van der Waals surface area contributed by atoms with Crippen molar-refractivity contribution in [3.8, 4) is 0 Å². The van der Waals surface area contributed by atoms with Crippen LogP contribution in [0.3, 0.4) is 0 Å². The molecule has 1 aliphatic rings. The second-order valence-corrected chi connectivity index (χ2v) is 11.0. The van der Waals surface area contributed by atoms with Crippen molar-refractivity contribution in [1.29, 1.82) is 0 Å². The first-order valence-corrected chi connectivity index (χ1v) is 12.3. The molecule has 0 spiro atoms. The Kier molecular flexibility index (Phi) is 21.5. The fourth-order valence-electron chi connectivity index (χ4n) is 2.19. The van der Waals surface area contributed by atoms with Crippen LogP contribution in [-0.2, 0) is 24.7 Å². The van der Waals surface area contributed by atoms with E-state index in [2.05, 4.69) is 38.8 Å². The third-order valence-electron chi connectivity index (χ3n) is 3.74. The predicted octanol–water partition coefficient (Wildman–Crippen LogP) is 5.04. The molecule has 1 rings (SSSR count). The number of unbranched alkanes of at least 4 members (excludes halogenated alkanes) is 1. The van der Waals surface area contributed by atoms with Crippen molar-refractivity contribution in [2.45, 2.75) is 110 Å². The molecule has 0 radical (unpaired) electrons. The summed E-state index contributed by atoms with van der Waals surface area (Å²) in [5.41, 5.74) is -0.828. The van der Waals surface area contributed by atoms with Crippen LogP contribution >= 0.6 is 0 Å². The summed E-state index contributed by atoms with van der Waals surface area (Å²) in [6.45, 7) is 22.5. The third-order valence-corrected chi connectivity index (χ3v) is 5.03.